The Hall–Kier alpha value is -3.92. The van der Waals surface area contributed by atoms with Crippen LogP contribution in [0.2, 0.25) is 0 Å². The molecule has 2 aromatic heterocycles. The molecule has 0 bridgehead atoms. The summed E-state index contributed by atoms with van der Waals surface area (Å²) in [7, 11) is 1.85. The van der Waals surface area contributed by atoms with E-state index in [-0.39, 0.29) is 16.7 Å². The van der Waals surface area contributed by atoms with Crippen LogP contribution >= 0.6 is 11.8 Å². The molecule has 0 radical (unpaired) electrons. The van der Waals surface area contributed by atoms with Crippen LogP contribution in [0.3, 0.4) is 0 Å². The monoisotopic (exact) mass is 486 g/mol. The predicted octanol–water partition coefficient (Wildman–Crippen LogP) is 4.08. The molecule has 5 rings (SSSR count). The Morgan fingerprint density at radius 2 is 1.80 bits per heavy atom. The Kier molecular flexibility index (Phi) is 6.62. The number of aryl methyl sites for hydroxylation is 1. The van der Waals surface area contributed by atoms with Crippen LogP contribution in [0.15, 0.2) is 66.9 Å². The maximum absolute atomic E-state index is 12.9. The SMILES string of the molecule is CCc1ccc(NC2SC(Cc3ccnc(Nc4ccc(-c5nn[nH]n5)cc4)c3)C(=O)N2C)cc1. The molecule has 2 aromatic carbocycles. The number of amides is 1. The number of pyridine rings is 1. The highest BCUT2D eigenvalue weighted by Crippen LogP contribution is 2.33. The molecular formula is C25H26N8OS. The van der Waals surface area contributed by atoms with Gasteiger partial charge in [-0.1, -0.05) is 19.1 Å². The number of nitrogens with one attached hydrogen (secondary N) is 3. The van der Waals surface area contributed by atoms with E-state index >= 15 is 0 Å². The number of carbonyl (C=O) groups excluding carboxylic acids is 1. The third-order valence-corrected chi connectivity index (χ3v) is 7.32. The molecule has 2 atom stereocenters. The molecule has 1 fully saturated rings. The maximum Gasteiger partial charge on any atom is 0.238 e. The van der Waals surface area contributed by atoms with Gasteiger partial charge < -0.3 is 15.5 Å². The van der Waals surface area contributed by atoms with Gasteiger partial charge >= 0.3 is 0 Å². The third-order valence-electron chi connectivity index (χ3n) is 5.93. The van der Waals surface area contributed by atoms with E-state index in [1.165, 1.54) is 5.56 Å². The minimum absolute atomic E-state index is 0.0999. The zero-order chi connectivity index (χ0) is 24.2. The minimum Gasteiger partial charge on any atom is -0.357 e. The lowest BCUT2D eigenvalue weighted by Crippen LogP contribution is -2.35. The van der Waals surface area contributed by atoms with Crippen LogP contribution in [0.25, 0.3) is 11.4 Å². The van der Waals surface area contributed by atoms with Crippen molar-refractivity contribution in [2.45, 2.75) is 30.5 Å². The van der Waals surface area contributed by atoms with Gasteiger partial charge in [0.25, 0.3) is 0 Å². The number of H-pyrrole nitrogens is 1. The van der Waals surface area contributed by atoms with E-state index in [2.05, 4.69) is 67.4 Å². The number of nitrogens with zero attached hydrogens (tertiary/aromatic N) is 5. The Balaban J connectivity index is 1.22. The summed E-state index contributed by atoms with van der Waals surface area (Å²) in [5.74, 6) is 1.40. The predicted molar refractivity (Wildman–Crippen MR) is 138 cm³/mol. The van der Waals surface area contributed by atoms with E-state index in [1.54, 1.807) is 22.9 Å². The van der Waals surface area contributed by atoms with Gasteiger partial charge in [0.15, 0.2) is 5.50 Å². The number of benzene rings is 2. The van der Waals surface area contributed by atoms with Crippen LogP contribution < -0.4 is 10.6 Å². The first-order valence-electron chi connectivity index (χ1n) is 11.4. The number of tetrazole rings is 1. The maximum atomic E-state index is 12.9. The molecule has 0 saturated carbocycles. The molecule has 35 heavy (non-hydrogen) atoms. The summed E-state index contributed by atoms with van der Waals surface area (Å²) >= 11 is 1.64. The second-order valence-electron chi connectivity index (χ2n) is 8.31. The Morgan fingerprint density at radius 1 is 1.03 bits per heavy atom. The zero-order valence-electron chi connectivity index (χ0n) is 19.5. The lowest BCUT2D eigenvalue weighted by atomic mass is 10.1. The number of hydrogen-bond donors (Lipinski definition) is 3. The summed E-state index contributed by atoms with van der Waals surface area (Å²) in [5.41, 5.74) is 5.03. The van der Waals surface area contributed by atoms with Crippen molar-refractivity contribution < 1.29 is 4.79 Å². The number of aromatic nitrogens is 5. The van der Waals surface area contributed by atoms with Crippen molar-refractivity contribution in [2.24, 2.45) is 0 Å². The van der Waals surface area contributed by atoms with Gasteiger partial charge in [0.05, 0.1) is 5.25 Å². The van der Waals surface area contributed by atoms with E-state index in [0.717, 1.165) is 34.7 Å². The highest BCUT2D eigenvalue weighted by Gasteiger charge is 2.38. The summed E-state index contributed by atoms with van der Waals surface area (Å²) in [6.07, 6.45) is 3.41. The van der Waals surface area contributed by atoms with E-state index in [0.29, 0.717) is 12.2 Å². The van der Waals surface area contributed by atoms with Crippen LogP contribution in [0.4, 0.5) is 17.2 Å². The van der Waals surface area contributed by atoms with Crippen LogP contribution in [0.1, 0.15) is 18.1 Å². The molecular weight excluding hydrogens is 460 g/mol. The largest absolute Gasteiger partial charge is 0.357 e. The molecule has 0 spiro atoms. The van der Waals surface area contributed by atoms with Gasteiger partial charge in [0.2, 0.25) is 11.7 Å². The standard InChI is InChI=1S/C25H26N8OS/c1-3-16-4-8-20(9-5-16)28-25-33(2)24(34)21(35-25)14-17-12-13-26-22(15-17)27-19-10-6-18(7-11-19)23-29-31-32-30-23/h4-13,15,21,25,28H,3,14H2,1-2H3,(H,26,27)(H,29,30,31,32). The highest BCUT2D eigenvalue weighted by atomic mass is 32.2. The Bertz CT molecular complexity index is 1280. The molecule has 9 nitrogen and oxygen atoms in total. The average molecular weight is 487 g/mol. The molecule has 3 heterocycles. The molecule has 1 amide bonds. The van der Waals surface area contributed by atoms with Gasteiger partial charge in [0, 0.05) is 30.2 Å². The highest BCUT2D eigenvalue weighted by molar-refractivity contribution is 8.01. The number of carbonyl (C=O) groups is 1. The van der Waals surface area contributed by atoms with Gasteiger partial charge in [-0.25, -0.2) is 4.98 Å². The fourth-order valence-corrected chi connectivity index (χ4v) is 5.28. The second kappa shape index (κ2) is 10.1. The molecule has 4 aromatic rings. The smallest absolute Gasteiger partial charge is 0.238 e. The molecule has 1 aliphatic heterocycles. The summed E-state index contributed by atoms with van der Waals surface area (Å²) in [5, 5.41) is 20.7. The lowest BCUT2D eigenvalue weighted by Gasteiger charge is -2.21. The van der Waals surface area contributed by atoms with Crippen molar-refractivity contribution in [3.63, 3.8) is 0 Å². The Morgan fingerprint density at radius 3 is 2.51 bits per heavy atom. The summed E-state index contributed by atoms with van der Waals surface area (Å²) < 4.78 is 0. The van der Waals surface area contributed by atoms with Gasteiger partial charge in [0.1, 0.15) is 5.82 Å². The van der Waals surface area contributed by atoms with Crippen LogP contribution in [0, 0.1) is 0 Å². The van der Waals surface area contributed by atoms with Gasteiger partial charge in [-0.2, -0.15) is 5.21 Å². The normalized spacial score (nSPS) is 17.5. The van der Waals surface area contributed by atoms with E-state index in [9.17, 15) is 4.79 Å². The van der Waals surface area contributed by atoms with E-state index in [4.69, 9.17) is 0 Å². The fourth-order valence-electron chi connectivity index (χ4n) is 3.91. The number of anilines is 3. The van der Waals surface area contributed by atoms with Crippen molar-refractivity contribution in [3.8, 4) is 11.4 Å². The summed E-state index contributed by atoms with van der Waals surface area (Å²) in [6.45, 7) is 2.14. The van der Waals surface area contributed by atoms with Crippen molar-refractivity contribution in [3.05, 3.63) is 78.0 Å². The van der Waals surface area contributed by atoms with E-state index in [1.807, 2.05) is 43.4 Å². The van der Waals surface area contributed by atoms with Crippen LogP contribution in [-0.4, -0.2) is 54.2 Å². The quantitative estimate of drug-likeness (QED) is 0.342. The van der Waals surface area contributed by atoms with Crippen molar-refractivity contribution >= 4 is 34.9 Å². The van der Waals surface area contributed by atoms with Crippen LogP contribution in [0.5, 0.6) is 0 Å². The van der Waals surface area contributed by atoms with Gasteiger partial charge in [-0.15, -0.1) is 22.0 Å². The first kappa shape index (κ1) is 22.9. The lowest BCUT2D eigenvalue weighted by molar-refractivity contribution is -0.128. The fraction of sp³-hybridized carbons (Fsp3) is 0.240. The molecule has 3 N–H and O–H groups in total. The molecule has 1 aliphatic rings. The van der Waals surface area contributed by atoms with E-state index < -0.39 is 0 Å². The minimum atomic E-state index is -0.156. The van der Waals surface area contributed by atoms with Gasteiger partial charge in [-0.3, -0.25) is 4.79 Å². The number of rotatable bonds is 8. The molecule has 178 valence electrons. The average Bonchev–Trinajstić information content (AvgIpc) is 3.51. The summed E-state index contributed by atoms with van der Waals surface area (Å²) in [6, 6.07) is 20.0. The second-order valence-corrected chi connectivity index (χ2v) is 9.60. The van der Waals surface area contributed by atoms with Crippen LogP contribution in [-0.2, 0) is 17.6 Å². The molecule has 1 saturated heterocycles. The topological polar surface area (TPSA) is 112 Å². The third kappa shape index (κ3) is 5.27. The molecule has 2 unspecified atom stereocenters. The first-order valence-corrected chi connectivity index (χ1v) is 12.4. The first-order chi connectivity index (χ1) is 17.1. The molecule has 0 aliphatic carbocycles. The van der Waals surface area contributed by atoms with Crippen molar-refractivity contribution in [1.29, 1.82) is 0 Å². The van der Waals surface area contributed by atoms with Crippen molar-refractivity contribution in [2.75, 3.05) is 17.7 Å². The number of thioether (sulfide) groups is 1. The number of aromatic amines is 1. The summed E-state index contributed by atoms with van der Waals surface area (Å²) in [4.78, 5) is 19.2. The number of hydrogen-bond acceptors (Lipinski definition) is 8. The molecule has 10 heteroatoms. The van der Waals surface area contributed by atoms with Gasteiger partial charge in [-0.05, 0) is 77.7 Å². The van der Waals surface area contributed by atoms with Crippen molar-refractivity contribution in [1.82, 2.24) is 30.5 Å². The Labute approximate surface area is 207 Å². The zero-order valence-corrected chi connectivity index (χ0v) is 20.3.